The topological polar surface area (TPSA) is 54.7 Å². The molecule has 0 amide bonds. The Morgan fingerprint density at radius 2 is 1.76 bits per heavy atom. The summed E-state index contributed by atoms with van der Waals surface area (Å²) in [6.45, 7) is 8.90. The second-order valence-electron chi connectivity index (χ2n) is 9.21. The van der Waals surface area contributed by atoms with Crippen LogP contribution in [0.1, 0.15) is 49.9 Å². The van der Waals surface area contributed by atoms with Crippen LogP contribution >= 0.6 is 0 Å². The van der Waals surface area contributed by atoms with Crippen LogP contribution < -0.4 is 5.56 Å². The molecule has 1 unspecified atom stereocenters. The minimum atomic E-state index is -0.629. The van der Waals surface area contributed by atoms with Crippen LogP contribution in [-0.2, 0) is 16.9 Å². The van der Waals surface area contributed by atoms with Crippen molar-refractivity contribution in [3.8, 4) is 11.1 Å². The maximum atomic E-state index is 12.2. The number of pyridine rings is 1. The number of ether oxygens (including phenoxy) is 1. The number of benzene rings is 2. The zero-order valence-corrected chi connectivity index (χ0v) is 20.4. The molecule has 1 aliphatic rings. The molecular weight excluding hydrogens is 424 g/mol. The molecule has 1 aliphatic heterocycles. The van der Waals surface area contributed by atoms with Crippen molar-refractivity contribution in [1.82, 2.24) is 9.47 Å². The molecule has 178 valence electrons. The maximum Gasteiger partial charge on any atom is 0.253 e. The number of hydrogen-bond donors (Lipinski definition) is 1. The van der Waals surface area contributed by atoms with Gasteiger partial charge in [-0.1, -0.05) is 54.6 Å². The third kappa shape index (κ3) is 4.86. The molecule has 2 aromatic carbocycles. The van der Waals surface area contributed by atoms with Crippen molar-refractivity contribution >= 4 is 0 Å². The molecule has 0 radical (unpaired) electrons. The summed E-state index contributed by atoms with van der Waals surface area (Å²) in [5.74, 6) is 0. The number of rotatable bonds is 7. The second-order valence-corrected chi connectivity index (χ2v) is 9.21. The molecular formula is C29H34N2O3. The van der Waals surface area contributed by atoms with Gasteiger partial charge in [0, 0.05) is 30.9 Å². The van der Waals surface area contributed by atoms with Crippen LogP contribution in [0.5, 0.6) is 0 Å². The van der Waals surface area contributed by atoms with Gasteiger partial charge in [-0.15, -0.1) is 0 Å². The highest BCUT2D eigenvalue weighted by Gasteiger charge is 2.35. The smallest absolute Gasteiger partial charge is 0.253 e. The Labute approximate surface area is 201 Å². The van der Waals surface area contributed by atoms with Gasteiger partial charge in [0.25, 0.3) is 5.56 Å². The lowest BCUT2D eigenvalue weighted by molar-refractivity contribution is -0.1000. The first-order valence-electron chi connectivity index (χ1n) is 12.0. The van der Waals surface area contributed by atoms with Gasteiger partial charge in [0.05, 0.1) is 12.1 Å². The lowest BCUT2D eigenvalue weighted by Crippen LogP contribution is -2.40. The molecule has 5 nitrogen and oxygen atoms in total. The first-order chi connectivity index (χ1) is 16.3. The number of aliphatic hydroxyl groups is 1. The van der Waals surface area contributed by atoms with Crippen molar-refractivity contribution in [2.24, 2.45) is 0 Å². The lowest BCUT2D eigenvalue weighted by atomic mass is 9.87. The van der Waals surface area contributed by atoms with Crippen LogP contribution in [-0.4, -0.2) is 27.4 Å². The van der Waals surface area contributed by atoms with E-state index < -0.39 is 11.7 Å². The zero-order valence-electron chi connectivity index (χ0n) is 20.4. The first-order valence-corrected chi connectivity index (χ1v) is 12.0. The first kappa shape index (κ1) is 24.0. The summed E-state index contributed by atoms with van der Waals surface area (Å²) in [5, 5.41) is 10.1. The van der Waals surface area contributed by atoms with E-state index in [2.05, 4.69) is 48.4 Å². The predicted molar refractivity (Wildman–Crippen MR) is 136 cm³/mol. The molecule has 2 heterocycles. The molecule has 0 bridgehead atoms. The maximum absolute atomic E-state index is 12.2. The van der Waals surface area contributed by atoms with E-state index in [4.69, 9.17) is 4.74 Å². The van der Waals surface area contributed by atoms with E-state index in [-0.39, 0.29) is 11.6 Å². The van der Waals surface area contributed by atoms with Gasteiger partial charge >= 0.3 is 0 Å². The molecule has 0 saturated carbocycles. The molecule has 0 spiro atoms. The minimum Gasteiger partial charge on any atom is -0.393 e. The number of aliphatic hydroxyl groups excluding tert-OH is 1. The number of aryl methyl sites for hydroxylation is 2. The number of aromatic nitrogens is 1. The fraction of sp³-hybridized carbons (Fsp3) is 0.345. The summed E-state index contributed by atoms with van der Waals surface area (Å²) >= 11 is 0. The van der Waals surface area contributed by atoms with Gasteiger partial charge in [0.2, 0.25) is 0 Å². The van der Waals surface area contributed by atoms with E-state index >= 15 is 0 Å². The normalized spacial score (nSPS) is 19.7. The highest BCUT2D eigenvalue weighted by molar-refractivity contribution is 5.63. The largest absolute Gasteiger partial charge is 0.393 e. The van der Waals surface area contributed by atoms with Gasteiger partial charge < -0.3 is 19.3 Å². The van der Waals surface area contributed by atoms with Crippen molar-refractivity contribution in [1.29, 1.82) is 0 Å². The van der Waals surface area contributed by atoms with E-state index in [1.807, 2.05) is 56.4 Å². The van der Waals surface area contributed by atoms with Crippen molar-refractivity contribution in [2.45, 2.75) is 58.4 Å². The van der Waals surface area contributed by atoms with Crippen molar-refractivity contribution < 1.29 is 9.84 Å². The van der Waals surface area contributed by atoms with Gasteiger partial charge in [-0.05, 0) is 62.1 Å². The Kier molecular flexibility index (Phi) is 7.05. The molecule has 1 aromatic heterocycles. The van der Waals surface area contributed by atoms with Gasteiger partial charge in [-0.3, -0.25) is 4.79 Å². The van der Waals surface area contributed by atoms with Crippen LogP contribution in [0.4, 0.5) is 0 Å². The SMILES string of the molecule is CCn1cc(-c2ccc([C@H](C)N3C=C[C@@](CC(C)O)(c4ccccc4)OC3)cc2)cc(C)c1=O. The molecule has 3 atom stereocenters. The van der Waals surface area contributed by atoms with Crippen molar-refractivity contribution in [3.63, 3.8) is 0 Å². The van der Waals surface area contributed by atoms with Crippen LogP contribution in [0.2, 0.25) is 0 Å². The fourth-order valence-electron chi connectivity index (χ4n) is 4.65. The predicted octanol–water partition coefficient (Wildman–Crippen LogP) is 5.37. The molecule has 34 heavy (non-hydrogen) atoms. The average Bonchev–Trinajstić information content (AvgIpc) is 2.86. The fourth-order valence-corrected chi connectivity index (χ4v) is 4.65. The Balaban J connectivity index is 1.54. The minimum absolute atomic E-state index is 0.0653. The monoisotopic (exact) mass is 458 g/mol. The summed E-state index contributed by atoms with van der Waals surface area (Å²) in [4.78, 5) is 14.4. The summed E-state index contributed by atoms with van der Waals surface area (Å²) in [6, 6.07) is 20.7. The van der Waals surface area contributed by atoms with E-state index in [0.29, 0.717) is 19.7 Å². The Bertz CT molecular complexity index is 1200. The number of hydrogen-bond acceptors (Lipinski definition) is 4. The second kappa shape index (κ2) is 10.00. The molecule has 0 saturated heterocycles. The highest BCUT2D eigenvalue weighted by atomic mass is 16.5. The van der Waals surface area contributed by atoms with Crippen LogP contribution in [0.25, 0.3) is 11.1 Å². The van der Waals surface area contributed by atoms with Crippen molar-refractivity contribution in [3.05, 3.63) is 106 Å². The number of nitrogens with zero attached hydrogens (tertiary/aromatic N) is 2. The molecule has 5 heteroatoms. The van der Waals surface area contributed by atoms with Crippen molar-refractivity contribution in [2.75, 3.05) is 6.73 Å². The van der Waals surface area contributed by atoms with Gasteiger partial charge in [-0.25, -0.2) is 0 Å². The van der Waals surface area contributed by atoms with Gasteiger partial charge in [-0.2, -0.15) is 0 Å². The van der Waals surface area contributed by atoms with E-state index in [1.54, 1.807) is 11.5 Å². The zero-order chi connectivity index (χ0) is 24.3. The molecule has 0 aliphatic carbocycles. The average molecular weight is 459 g/mol. The summed E-state index contributed by atoms with van der Waals surface area (Å²) < 4.78 is 8.16. The van der Waals surface area contributed by atoms with Crippen LogP contribution in [0.3, 0.4) is 0 Å². The summed E-state index contributed by atoms with van der Waals surface area (Å²) in [6.07, 6.45) is 6.12. The molecule has 0 fully saturated rings. The Hall–Kier alpha value is -3.15. The molecule has 1 N–H and O–H groups in total. The van der Waals surface area contributed by atoms with Crippen LogP contribution in [0, 0.1) is 6.92 Å². The van der Waals surface area contributed by atoms with Gasteiger partial charge in [0.1, 0.15) is 12.3 Å². The highest BCUT2D eigenvalue weighted by Crippen LogP contribution is 2.37. The molecule has 3 aromatic rings. The standard InChI is InChI=1S/C29H34N2O3/c1-5-30-19-26(17-21(2)28(30)33)25-13-11-24(12-14-25)23(4)31-16-15-29(34-20-31,18-22(3)32)27-9-7-6-8-10-27/h6-17,19,22-23,32H,5,18,20H2,1-4H3/t22?,23-,29+/m0/s1. The van der Waals surface area contributed by atoms with E-state index in [0.717, 1.165) is 22.3 Å². The molecule has 4 rings (SSSR count). The van der Waals surface area contributed by atoms with E-state index in [9.17, 15) is 9.90 Å². The third-order valence-electron chi connectivity index (χ3n) is 6.70. The van der Waals surface area contributed by atoms with Crippen LogP contribution in [0.15, 0.2) is 83.9 Å². The van der Waals surface area contributed by atoms with E-state index in [1.165, 1.54) is 5.56 Å². The third-order valence-corrected chi connectivity index (χ3v) is 6.70. The Morgan fingerprint density at radius 3 is 2.35 bits per heavy atom. The summed E-state index contributed by atoms with van der Waals surface area (Å²) in [7, 11) is 0. The lowest BCUT2D eigenvalue weighted by Gasteiger charge is -2.41. The quantitative estimate of drug-likeness (QED) is 0.517. The Morgan fingerprint density at radius 1 is 1.06 bits per heavy atom. The summed E-state index contributed by atoms with van der Waals surface area (Å²) in [5.41, 5.74) is 4.56. The van der Waals surface area contributed by atoms with Gasteiger partial charge in [0.15, 0.2) is 0 Å².